The van der Waals surface area contributed by atoms with Crippen molar-refractivity contribution in [1.29, 1.82) is 0 Å². The highest BCUT2D eigenvalue weighted by molar-refractivity contribution is 7.12. The lowest BCUT2D eigenvalue weighted by Gasteiger charge is -2.12. The van der Waals surface area contributed by atoms with Crippen LogP contribution in [0.3, 0.4) is 0 Å². The molecule has 6 aromatic rings. The van der Waals surface area contributed by atoms with E-state index in [1.165, 1.54) is 10.4 Å². The Balaban J connectivity index is 1.37. The van der Waals surface area contributed by atoms with Crippen LogP contribution in [-0.2, 0) is 19.4 Å². The van der Waals surface area contributed by atoms with E-state index in [4.69, 9.17) is 33.9 Å². The zero-order valence-electron chi connectivity index (χ0n) is 22.4. The summed E-state index contributed by atoms with van der Waals surface area (Å²) in [6.07, 6.45) is 5.24. The largest absolute Gasteiger partial charge is 0.493 e. The molecule has 0 aliphatic carbocycles. The van der Waals surface area contributed by atoms with Gasteiger partial charge in [-0.2, -0.15) is 4.52 Å². The Morgan fingerprint density at radius 2 is 1.77 bits per heavy atom. The highest BCUT2D eigenvalue weighted by atomic mass is 32.1. The lowest BCUT2D eigenvalue weighted by Crippen LogP contribution is -2.08. The summed E-state index contributed by atoms with van der Waals surface area (Å²) in [4.78, 5) is 15.7. The maximum atomic E-state index is 5.61. The molecule has 0 aliphatic heterocycles. The third kappa shape index (κ3) is 5.13. The van der Waals surface area contributed by atoms with Crippen LogP contribution in [0.2, 0.25) is 0 Å². The van der Waals surface area contributed by atoms with E-state index in [1.807, 2.05) is 49.5 Å². The summed E-state index contributed by atoms with van der Waals surface area (Å²) < 4.78 is 18.2. The molecule has 10 heteroatoms. The van der Waals surface area contributed by atoms with Gasteiger partial charge in [0.2, 0.25) is 11.8 Å². The molecule has 0 fully saturated rings. The standard InChI is InChI=1S/C30H28N6O3S/c1-19-33-27(26(40-19)14-12-20-8-5-4-6-9-20)22-18-32-30(31-17-21-11-13-23(37-2)25(16-21)38-3)36-29(22)34-28(35-36)24-10-7-15-39-24/h4-11,13,15-16,18H,12,14,17H2,1-3H3,(H,31,32). The van der Waals surface area contributed by atoms with Crippen molar-refractivity contribution in [2.45, 2.75) is 26.3 Å². The second-order valence-corrected chi connectivity index (χ2v) is 10.5. The first kappa shape index (κ1) is 25.6. The van der Waals surface area contributed by atoms with E-state index in [2.05, 4.69) is 29.6 Å². The Kier molecular flexibility index (Phi) is 7.15. The Morgan fingerprint density at radius 3 is 2.55 bits per heavy atom. The number of fused-ring (bicyclic) bond motifs is 1. The molecular formula is C30H28N6O3S. The van der Waals surface area contributed by atoms with Crippen LogP contribution in [0.1, 0.15) is 21.0 Å². The highest BCUT2D eigenvalue weighted by Crippen LogP contribution is 2.33. The summed E-state index contributed by atoms with van der Waals surface area (Å²) >= 11 is 1.71. The van der Waals surface area contributed by atoms with Crippen LogP contribution in [0, 0.1) is 6.92 Å². The van der Waals surface area contributed by atoms with E-state index in [0.29, 0.717) is 41.2 Å². The van der Waals surface area contributed by atoms with Gasteiger partial charge in [0.1, 0.15) is 0 Å². The smallest absolute Gasteiger partial charge is 0.226 e. The number of ether oxygens (including phenoxy) is 2. The summed E-state index contributed by atoms with van der Waals surface area (Å²) in [6, 6.07) is 19.9. The zero-order chi connectivity index (χ0) is 27.5. The van der Waals surface area contributed by atoms with E-state index >= 15 is 0 Å². The van der Waals surface area contributed by atoms with Gasteiger partial charge in [-0.1, -0.05) is 36.4 Å². The number of thiazole rings is 1. The molecule has 40 heavy (non-hydrogen) atoms. The molecule has 0 saturated heterocycles. The molecule has 4 heterocycles. The number of aromatic nitrogens is 5. The fourth-order valence-electron chi connectivity index (χ4n) is 4.59. The average Bonchev–Trinajstić information content (AvgIpc) is 3.75. The van der Waals surface area contributed by atoms with Crippen molar-refractivity contribution in [2.75, 3.05) is 19.5 Å². The van der Waals surface area contributed by atoms with E-state index in [-0.39, 0.29) is 0 Å². The summed E-state index contributed by atoms with van der Waals surface area (Å²) in [5.41, 5.74) is 4.67. The first-order chi connectivity index (χ1) is 19.6. The van der Waals surface area contributed by atoms with E-state index in [0.717, 1.165) is 34.7 Å². The van der Waals surface area contributed by atoms with Gasteiger partial charge in [0.15, 0.2) is 22.9 Å². The Hall–Kier alpha value is -4.70. The van der Waals surface area contributed by atoms with Gasteiger partial charge in [-0.05, 0) is 55.2 Å². The fraction of sp³-hybridized carbons (Fsp3) is 0.200. The molecule has 0 spiro atoms. The number of furan rings is 1. The maximum absolute atomic E-state index is 5.61. The number of nitrogens with one attached hydrogen (secondary N) is 1. The summed E-state index contributed by atoms with van der Waals surface area (Å²) in [5.74, 6) is 2.96. The number of methoxy groups -OCH3 is 2. The lowest BCUT2D eigenvalue weighted by atomic mass is 10.1. The molecule has 0 atom stereocenters. The first-order valence-electron chi connectivity index (χ1n) is 12.9. The summed E-state index contributed by atoms with van der Waals surface area (Å²) in [7, 11) is 3.25. The molecule has 202 valence electrons. The lowest BCUT2D eigenvalue weighted by molar-refractivity contribution is 0.354. The van der Waals surface area contributed by atoms with Crippen molar-refractivity contribution < 1.29 is 13.9 Å². The monoisotopic (exact) mass is 552 g/mol. The van der Waals surface area contributed by atoms with Gasteiger partial charge in [-0.3, -0.25) is 0 Å². The molecule has 0 unspecified atom stereocenters. The first-order valence-corrected chi connectivity index (χ1v) is 13.7. The molecular weight excluding hydrogens is 524 g/mol. The molecule has 6 rings (SSSR count). The molecule has 0 radical (unpaired) electrons. The van der Waals surface area contributed by atoms with Crippen molar-refractivity contribution in [3.63, 3.8) is 0 Å². The number of nitrogens with zero attached hydrogens (tertiary/aromatic N) is 5. The predicted molar refractivity (Wildman–Crippen MR) is 155 cm³/mol. The molecule has 0 aliphatic rings. The Labute approximate surface area is 235 Å². The Bertz CT molecular complexity index is 1740. The van der Waals surface area contributed by atoms with Crippen LogP contribution >= 0.6 is 11.3 Å². The SMILES string of the molecule is COc1ccc(CNc2ncc(-c3nc(C)sc3CCc3ccccc3)c3nc(-c4ccco4)nn23)cc1OC. The number of rotatable bonds is 10. The zero-order valence-corrected chi connectivity index (χ0v) is 23.2. The minimum absolute atomic E-state index is 0.478. The number of hydrogen-bond acceptors (Lipinski definition) is 9. The molecule has 2 aromatic carbocycles. The van der Waals surface area contributed by atoms with Gasteiger partial charge in [0.05, 0.1) is 36.7 Å². The van der Waals surface area contributed by atoms with Gasteiger partial charge in [0, 0.05) is 17.6 Å². The van der Waals surface area contributed by atoms with Crippen molar-refractivity contribution >= 4 is 22.9 Å². The van der Waals surface area contributed by atoms with Crippen molar-refractivity contribution in [2.24, 2.45) is 0 Å². The van der Waals surface area contributed by atoms with Crippen molar-refractivity contribution in [3.8, 4) is 34.3 Å². The minimum Gasteiger partial charge on any atom is -0.493 e. The van der Waals surface area contributed by atoms with Crippen LogP contribution < -0.4 is 14.8 Å². The summed E-state index contributed by atoms with van der Waals surface area (Å²) in [5, 5.41) is 9.16. The second kappa shape index (κ2) is 11.2. The topological polar surface area (TPSA) is 99.6 Å². The number of hydrogen-bond donors (Lipinski definition) is 1. The number of anilines is 1. The molecule has 0 saturated carbocycles. The van der Waals surface area contributed by atoms with E-state index < -0.39 is 0 Å². The van der Waals surface area contributed by atoms with Gasteiger partial charge in [-0.25, -0.2) is 15.0 Å². The molecule has 1 N–H and O–H groups in total. The van der Waals surface area contributed by atoms with E-state index in [9.17, 15) is 0 Å². The molecule has 0 bridgehead atoms. The van der Waals surface area contributed by atoms with Crippen molar-refractivity contribution in [3.05, 3.63) is 94.1 Å². The van der Waals surface area contributed by atoms with E-state index in [1.54, 1.807) is 36.3 Å². The quantitative estimate of drug-likeness (QED) is 0.214. The molecule has 4 aromatic heterocycles. The second-order valence-electron chi connectivity index (χ2n) is 9.18. The number of benzene rings is 2. The van der Waals surface area contributed by atoms with Crippen LogP contribution in [0.5, 0.6) is 11.5 Å². The van der Waals surface area contributed by atoms with Crippen LogP contribution in [0.4, 0.5) is 5.95 Å². The predicted octanol–water partition coefficient (Wildman–Crippen LogP) is 6.23. The summed E-state index contributed by atoms with van der Waals surface area (Å²) in [6.45, 7) is 2.53. The normalized spacial score (nSPS) is 11.2. The highest BCUT2D eigenvalue weighted by Gasteiger charge is 2.21. The molecule has 0 amide bonds. The fourth-order valence-corrected chi connectivity index (χ4v) is 5.54. The van der Waals surface area contributed by atoms with Gasteiger partial charge in [-0.15, -0.1) is 16.4 Å². The van der Waals surface area contributed by atoms with Gasteiger partial charge in [0.25, 0.3) is 0 Å². The van der Waals surface area contributed by atoms with Crippen LogP contribution in [0.25, 0.3) is 28.5 Å². The van der Waals surface area contributed by atoms with Crippen LogP contribution in [0.15, 0.2) is 77.5 Å². The van der Waals surface area contributed by atoms with Crippen molar-refractivity contribution in [1.82, 2.24) is 24.6 Å². The van der Waals surface area contributed by atoms with Gasteiger partial charge >= 0.3 is 0 Å². The maximum Gasteiger partial charge on any atom is 0.226 e. The minimum atomic E-state index is 0.478. The third-order valence-electron chi connectivity index (χ3n) is 6.55. The Morgan fingerprint density at radius 1 is 0.925 bits per heavy atom. The van der Waals surface area contributed by atoms with Crippen LogP contribution in [-0.4, -0.2) is 38.8 Å². The van der Waals surface area contributed by atoms with Gasteiger partial charge < -0.3 is 19.2 Å². The average molecular weight is 553 g/mol. The number of aryl methyl sites for hydroxylation is 3. The molecule has 9 nitrogen and oxygen atoms in total. The third-order valence-corrected chi connectivity index (χ3v) is 7.58.